The summed E-state index contributed by atoms with van der Waals surface area (Å²) in [5.74, 6) is 1.72. The Balaban J connectivity index is 1.60. The number of fused-ring (bicyclic) bond motifs is 1. The van der Waals surface area contributed by atoms with Gasteiger partial charge in [0.05, 0.1) is 11.0 Å². The summed E-state index contributed by atoms with van der Waals surface area (Å²) in [5, 5.41) is 3.41. The first-order chi connectivity index (χ1) is 14.8. The van der Waals surface area contributed by atoms with Crippen LogP contribution in [0.25, 0.3) is 11.0 Å². The van der Waals surface area contributed by atoms with Crippen LogP contribution >= 0.6 is 0 Å². The van der Waals surface area contributed by atoms with Gasteiger partial charge in [-0.2, -0.15) is 0 Å². The first-order valence-electron chi connectivity index (χ1n) is 10.1. The second kappa shape index (κ2) is 8.10. The van der Waals surface area contributed by atoms with E-state index in [2.05, 4.69) is 49.3 Å². The fraction of sp³-hybridized carbons (Fsp3) is 0.208. The number of anilines is 2. The van der Waals surface area contributed by atoms with Crippen LogP contribution < -0.4 is 15.8 Å². The predicted molar refractivity (Wildman–Crippen MR) is 122 cm³/mol. The van der Waals surface area contributed by atoms with Crippen molar-refractivity contribution in [3.05, 3.63) is 71.5 Å². The Kier molecular flexibility index (Phi) is 5.33. The lowest BCUT2D eigenvalue weighted by molar-refractivity contribution is 0.0995. The maximum absolute atomic E-state index is 11.3. The number of benzene rings is 2. The largest absolute Gasteiger partial charge is 0.457 e. The van der Waals surface area contributed by atoms with Gasteiger partial charge in [0.1, 0.15) is 17.2 Å². The predicted octanol–water partition coefficient (Wildman–Crippen LogP) is 5.03. The number of aromatic nitrogens is 3. The minimum atomic E-state index is -0.599. The molecule has 158 valence electrons. The highest BCUT2D eigenvalue weighted by Gasteiger charge is 2.11. The third kappa shape index (κ3) is 4.21. The highest BCUT2D eigenvalue weighted by molar-refractivity contribution is 5.91. The third-order valence-electron chi connectivity index (χ3n) is 5.22. The van der Waals surface area contributed by atoms with Crippen LogP contribution in [0.4, 0.5) is 11.6 Å². The topological polar surface area (TPSA) is 95.1 Å². The summed E-state index contributed by atoms with van der Waals surface area (Å²) in [4.78, 5) is 20.0. The molecule has 0 fully saturated rings. The molecule has 0 atom stereocenters. The van der Waals surface area contributed by atoms with E-state index in [1.165, 1.54) is 23.4 Å². The maximum Gasteiger partial charge on any atom is 0.267 e. The number of imidazole rings is 1. The van der Waals surface area contributed by atoms with Crippen LogP contribution in [0.2, 0.25) is 0 Å². The number of carbonyl (C=O) groups excluding carboxylic acids is 1. The minimum Gasteiger partial charge on any atom is -0.457 e. The molecule has 2 heterocycles. The molecule has 0 saturated carbocycles. The zero-order valence-electron chi connectivity index (χ0n) is 18.0. The van der Waals surface area contributed by atoms with E-state index < -0.39 is 5.91 Å². The molecule has 0 bridgehead atoms. The van der Waals surface area contributed by atoms with Gasteiger partial charge in [-0.3, -0.25) is 9.78 Å². The lowest BCUT2D eigenvalue weighted by Gasteiger charge is -2.12. The summed E-state index contributed by atoms with van der Waals surface area (Å²) in [6.07, 6.45) is 1.49. The number of hydrogen-bond acceptors (Lipinski definition) is 5. The van der Waals surface area contributed by atoms with Crippen molar-refractivity contribution in [2.45, 2.75) is 26.7 Å². The molecule has 4 aromatic rings. The van der Waals surface area contributed by atoms with Gasteiger partial charge < -0.3 is 20.4 Å². The molecular weight excluding hydrogens is 390 g/mol. The van der Waals surface area contributed by atoms with Crippen molar-refractivity contribution in [2.24, 2.45) is 12.8 Å². The standard InChI is InChI=1S/C24H25N5O2/c1-14(2)19-7-5-16(11-15(19)3)27-24-28-20-12-17(6-8-22(20)29(24)4)31-18-9-10-26-21(13-18)23(25)30/h5-14H,1-4H3,(H2,25,30)(H,27,28). The lowest BCUT2D eigenvalue weighted by atomic mass is 9.98. The van der Waals surface area contributed by atoms with Crippen molar-refractivity contribution in [2.75, 3.05) is 5.32 Å². The Morgan fingerprint density at radius 1 is 1.10 bits per heavy atom. The van der Waals surface area contributed by atoms with Crippen molar-refractivity contribution in [3.8, 4) is 11.5 Å². The summed E-state index contributed by atoms with van der Waals surface area (Å²) in [5.41, 5.74) is 10.8. The summed E-state index contributed by atoms with van der Waals surface area (Å²) in [7, 11) is 1.97. The average Bonchev–Trinajstić information content (AvgIpc) is 3.02. The fourth-order valence-corrected chi connectivity index (χ4v) is 3.63. The number of amides is 1. The molecule has 4 rings (SSSR count). The van der Waals surface area contributed by atoms with Gasteiger partial charge in [-0.1, -0.05) is 19.9 Å². The van der Waals surface area contributed by atoms with Gasteiger partial charge >= 0.3 is 0 Å². The van der Waals surface area contributed by atoms with Gasteiger partial charge in [0.2, 0.25) is 5.95 Å². The number of rotatable bonds is 6. The lowest BCUT2D eigenvalue weighted by Crippen LogP contribution is -2.12. The second-order valence-electron chi connectivity index (χ2n) is 7.84. The number of pyridine rings is 1. The number of nitrogens with one attached hydrogen (secondary N) is 1. The van der Waals surface area contributed by atoms with E-state index in [0.717, 1.165) is 22.7 Å². The van der Waals surface area contributed by atoms with Crippen LogP contribution in [0, 0.1) is 6.92 Å². The molecule has 0 radical (unpaired) electrons. The Bertz CT molecular complexity index is 1280. The van der Waals surface area contributed by atoms with Gasteiger partial charge in [0.25, 0.3) is 5.91 Å². The zero-order valence-corrected chi connectivity index (χ0v) is 18.0. The number of primary amides is 1. The third-order valence-corrected chi connectivity index (χ3v) is 5.22. The highest BCUT2D eigenvalue weighted by atomic mass is 16.5. The number of aryl methyl sites for hydroxylation is 2. The van der Waals surface area contributed by atoms with Gasteiger partial charge in [-0.15, -0.1) is 0 Å². The first-order valence-corrected chi connectivity index (χ1v) is 10.1. The Morgan fingerprint density at radius 3 is 2.58 bits per heavy atom. The molecule has 0 aliphatic rings. The van der Waals surface area contributed by atoms with E-state index in [1.807, 2.05) is 29.8 Å². The van der Waals surface area contributed by atoms with Crippen LogP contribution in [0.5, 0.6) is 11.5 Å². The molecule has 31 heavy (non-hydrogen) atoms. The molecule has 0 aliphatic heterocycles. The molecular formula is C24H25N5O2. The number of ether oxygens (including phenoxy) is 1. The molecule has 7 nitrogen and oxygen atoms in total. The van der Waals surface area contributed by atoms with E-state index in [1.54, 1.807) is 6.07 Å². The summed E-state index contributed by atoms with van der Waals surface area (Å²) >= 11 is 0. The van der Waals surface area contributed by atoms with Crippen LogP contribution in [0.15, 0.2) is 54.7 Å². The number of carbonyl (C=O) groups is 1. The van der Waals surface area contributed by atoms with Crippen molar-refractivity contribution in [3.63, 3.8) is 0 Å². The molecule has 3 N–H and O–H groups in total. The molecule has 0 saturated heterocycles. The van der Waals surface area contributed by atoms with Crippen LogP contribution in [-0.2, 0) is 7.05 Å². The van der Waals surface area contributed by atoms with E-state index >= 15 is 0 Å². The quantitative estimate of drug-likeness (QED) is 0.460. The van der Waals surface area contributed by atoms with Crippen molar-refractivity contribution in [1.82, 2.24) is 14.5 Å². The Morgan fingerprint density at radius 2 is 1.87 bits per heavy atom. The molecule has 7 heteroatoms. The van der Waals surface area contributed by atoms with E-state index in [4.69, 9.17) is 15.5 Å². The molecule has 0 aliphatic carbocycles. The molecule has 2 aromatic heterocycles. The van der Waals surface area contributed by atoms with Crippen molar-refractivity contribution in [1.29, 1.82) is 0 Å². The average molecular weight is 415 g/mol. The van der Waals surface area contributed by atoms with Gasteiger partial charge in [0, 0.05) is 31.1 Å². The maximum atomic E-state index is 11.3. The molecule has 2 aromatic carbocycles. The summed E-state index contributed by atoms with van der Waals surface area (Å²) in [6, 6.07) is 15.2. The highest BCUT2D eigenvalue weighted by Crippen LogP contribution is 2.29. The van der Waals surface area contributed by atoms with E-state index in [0.29, 0.717) is 17.4 Å². The van der Waals surface area contributed by atoms with Crippen LogP contribution in [0.1, 0.15) is 41.4 Å². The van der Waals surface area contributed by atoms with Crippen LogP contribution in [-0.4, -0.2) is 20.4 Å². The summed E-state index contributed by atoms with van der Waals surface area (Å²) in [6.45, 7) is 6.52. The Hall–Kier alpha value is -3.87. The molecule has 0 unspecified atom stereocenters. The zero-order chi connectivity index (χ0) is 22.1. The van der Waals surface area contributed by atoms with Gasteiger partial charge in [-0.25, -0.2) is 4.98 Å². The monoisotopic (exact) mass is 415 g/mol. The van der Waals surface area contributed by atoms with Crippen LogP contribution in [0.3, 0.4) is 0 Å². The molecule has 1 amide bonds. The van der Waals surface area contributed by atoms with Gasteiger partial charge in [0.15, 0.2) is 0 Å². The second-order valence-corrected chi connectivity index (χ2v) is 7.84. The first kappa shape index (κ1) is 20.4. The van der Waals surface area contributed by atoms with Gasteiger partial charge in [-0.05, 0) is 54.3 Å². The number of nitrogens with zero attached hydrogens (tertiary/aromatic N) is 3. The van der Waals surface area contributed by atoms with E-state index in [9.17, 15) is 4.79 Å². The van der Waals surface area contributed by atoms with Crippen molar-refractivity contribution >= 4 is 28.6 Å². The summed E-state index contributed by atoms with van der Waals surface area (Å²) < 4.78 is 7.88. The fourth-order valence-electron chi connectivity index (χ4n) is 3.63. The normalized spacial score (nSPS) is 11.1. The SMILES string of the molecule is Cc1cc(Nc2nc3cc(Oc4ccnc(C(N)=O)c4)ccc3n2C)ccc1C(C)C. The Labute approximate surface area is 180 Å². The van der Waals surface area contributed by atoms with E-state index in [-0.39, 0.29) is 5.69 Å². The molecule has 0 spiro atoms. The minimum absolute atomic E-state index is 0.154. The smallest absolute Gasteiger partial charge is 0.267 e. The number of hydrogen-bond donors (Lipinski definition) is 2. The number of nitrogens with two attached hydrogens (primary N) is 1. The van der Waals surface area contributed by atoms with Crippen molar-refractivity contribution < 1.29 is 9.53 Å².